The third-order valence-electron chi connectivity index (χ3n) is 3.19. The van der Waals surface area contributed by atoms with Crippen LogP contribution in [0, 0.1) is 6.92 Å². The summed E-state index contributed by atoms with van der Waals surface area (Å²) in [7, 11) is 0. The van der Waals surface area contributed by atoms with Crippen molar-refractivity contribution < 1.29 is 14.3 Å². The van der Waals surface area contributed by atoms with Crippen LogP contribution in [0.1, 0.15) is 28.8 Å². The van der Waals surface area contributed by atoms with E-state index < -0.39 is 0 Å². The van der Waals surface area contributed by atoms with Crippen molar-refractivity contribution in [2.24, 2.45) is 0 Å². The van der Waals surface area contributed by atoms with Crippen LogP contribution in [0.15, 0.2) is 54.6 Å². The molecule has 0 radical (unpaired) electrons. The summed E-state index contributed by atoms with van der Waals surface area (Å²) in [5, 5.41) is 0. The van der Waals surface area contributed by atoms with Crippen LogP contribution >= 0.6 is 0 Å². The average molecular weight is 312 g/mol. The molecule has 0 unspecified atom stereocenters. The van der Waals surface area contributed by atoms with Crippen LogP contribution in [-0.4, -0.2) is 18.4 Å². The van der Waals surface area contributed by atoms with Crippen LogP contribution in [0.2, 0.25) is 0 Å². The Kier molecular flexibility index (Phi) is 6.17. The molecular weight excluding hydrogens is 292 g/mol. The van der Waals surface area contributed by atoms with E-state index in [1.54, 1.807) is 24.3 Å². The Morgan fingerprint density at radius 1 is 0.957 bits per heavy atom. The Morgan fingerprint density at radius 3 is 2.35 bits per heavy atom. The van der Waals surface area contributed by atoms with Gasteiger partial charge in [-0.2, -0.15) is 0 Å². The van der Waals surface area contributed by atoms with Crippen molar-refractivity contribution in [2.45, 2.75) is 19.8 Å². The van der Waals surface area contributed by atoms with Gasteiger partial charge < -0.3 is 4.74 Å². The highest BCUT2D eigenvalue weighted by atomic mass is 16.5. The van der Waals surface area contributed by atoms with E-state index in [1.807, 2.05) is 37.3 Å². The summed E-state index contributed by atoms with van der Waals surface area (Å²) in [5.74, 6) is 0.199. The molecule has 2 rings (SSSR count). The molecule has 2 N–H and O–H groups in total. The van der Waals surface area contributed by atoms with Gasteiger partial charge in [0.05, 0.1) is 6.61 Å². The van der Waals surface area contributed by atoms with Crippen LogP contribution < -0.4 is 15.6 Å². The molecule has 0 atom stereocenters. The molecule has 2 aromatic carbocycles. The van der Waals surface area contributed by atoms with Gasteiger partial charge in [-0.3, -0.25) is 20.4 Å². The fourth-order valence-electron chi connectivity index (χ4n) is 1.91. The monoisotopic (exact) mass is 312 g/mol. The van der Waals surface area contributed by atoms with Crippen molar-refractivity contribution in [2.75, 3.05) is 6.61 Å². The van der Waals surface area contributed by atoms with E-state index in [2.05, 4.69) is 10.9 Å². The van der Waals surface area contributed by atoms with Crippen molar-refractivity contribution in [1.82, 2.24) is 10.9 Å². The van der Waals surface area contributed by atoms with Gasteiger partial charge in [0.25, 0.3) is 5.91 Å². The number of carbonyl (C=O) groups is 2. The minimum atomic E-state index is -0.338. The van der Waals surface area contributed by atoms with Crippen LogP contribution in [0.5, 0.6) is 5.75 Å². The molecule has 23 heavy (non-hydrogen) atoms. The summed E-state index contributed by atoms with van der Waals surface area (Å²) in [6.07, 6.45) is 0.849. The quantitative estimate of drug-likeness (QED) is 0.636. The highest BCUT2D eigenvalue weighted by Gasteiger charge is 2.06. The van der Waals surface area contributed by atoms with Gasteiger partial charge in [-0.05, 0) is 37.6 Å². The number of carbonyl (C=O) groups excluding carboxylic acids is 2. The van der Waals surface area contributed by atoms with Crippen LogP contribution in [0.25, 0.3) is 0 Å². The predicted octanol–water partition coefficient (Wildman–Crippen LogP) is 2.62. The lowest BCUT2D eigenvalue weighted by Crippen LogP contribution is -2.41. The van der Waals surface area contributed by atoms with E-state index in [0.717, 1.165) is 5.75 Å². The lowest BCUT2D eigenvalue weighted by atomic mass is 10.2. The number of nitrogens with one attached hydrogen (secondary N) is 2. The summed E-state index contributed by atoms with van der Waals surface area (Å²) in [4.78, 5) is 23.4. The maximum atomic E-state index is 11.7. The molecule has 2 amide bonds. The molecule has 5 heteroatoms. The van der Waals surface area contributed by atoms with Gasteiger partial charge in [0.2, 0.25) is 5.91 Å². The number of aryl methyl sites for hydroxylation is 1. The largest absolute Gasteiger partial charge is 0.494 e. The van der Waals surface area contributed by atoms with E-state index in [0.29, 0.717) is 18.6 Å². The Labute approximate surface area is 135 Å². The van der Waals surface area contributed by atoms with Gasteiger partial charge in [0.15, 0.2) is 0 Å². The maximum absolute atomic E-state index is 11.7. The summed E-state index contributed by atoms with van der Waals surface area (Å²) in [6, 6.07) is 16.4. The Morgan fingerprint density at radius 2 is 1.65 bits per heavy atom. The highest BCUT2D eigenvalue weighted by molar-refractivity contribution is 5.95. The zero-order chi connectivity index (χ0) is 16.5. The normalized spacial score (nSPS) is 9.96. The van der Waals surface area contributed by atoms with Crippen molar-refractivity contribution >= 4 is 11.8 Å². The number of rotatable bonds is 6. The second-order valence-corrected chi connectivity index (χ2v) is 5.13. The summed E-state index contributed by atoms with van der Waals surface area (Å²) in [6.45, 7) is 2.46. The molecule has 0 saturated carbocycles. The van der Waals surface area contributed by atoms with Gasteiger partial charge in [-0.1, -0.05) is 35.9 Å². The van der Waals surface area contributed by atoms with E-state index in [9.17, 15) is 9.59 Å². The van der Waals surface area contributed by atoms with Crippen molar-refractivity contribution in [3.05, 3.63) is 65.7 Å². The van der Waals surface area contributed by atoms with Crippen molar-refractivity contribution in [3.8, 4) is 5.75 Å². The van der Waals surface area contributed by atoms with Crippen LogP contribution in [-0.2, 0) is 4.79 Å². The van der Waals surface area contributed by atoms with Crippen molar-refractivity contribution in [1.29, 1.82) is 0 Å². The lowest BCUT2D eigenvalue weighted by Gasteiger charge is -2.08. The van der Waals surface area contributed by atoms with Crippen LogP contribution in [0.4, 0.5) is 0 Å². The van der Waals surface area contributed by atoms with E-state index in [1.165, 1.54) is 5.56 Å². The first-order valence-electron chi connectivity index (χ1n) is 7.49. The number of hydrogen-bond donors (Lipinski definition) is 2. The van der Waals surface area contributed by atoms with Crippen molar-refractivity contribution in [3.63, 3.8) is 0 Å². The Hall–Kier alpha value is -2.82. The molecule has 0 spiro atoms. The molecule has 0 aliphatic rings. The number of ether oxygens (including phenoxy) is 1. The van der Waals surface area contributed by atoms with Gasteiger partial charge >= 0.3 is 0 Å². The zero-order valence-corrected chi connectivity index (χ0v) is 13.0. The number of amides is 2. The molecule has 0 saturated heterocycles. The first-order chi connectivity index (χ1) is 11.1. The summed E-state index contributed by atoms with van der Waals surface area (Å²) in [5.41, 5.74) is 6.45. The van der Waals surface area contributed by atoms with E-state index >= 15 is 0 Å². The number of hydrogen-bond acceptors (Lipinski definition) is 3. The second kappa shape index (κ2) is 8.58. The maximum Gasteiger partial charge on any atom is 0.269 e. The van der Waals surface area contributed by atoms with Gasteiger partial charge in [0.1, 0.15) is 5.75 Å². The molecule has 0 bridgehead atoms. The third-order valence-corrected chi connectivity index (χ3v) is 3.19. The predicted molar refractivity (Wildman–Crippen MR) is 88.0 cm³/mol. The van der Waals surface area contributed by atoms with E-state index in [4.69, 9.17) is 4.74 Å². The first-order valence-corrected chi connectivity index (χ1v) is 7.49. The van der Waals surface area contributed by atoms with Gasteiger partial charge in [0, 0.05) is 12.0 Å². The molecular formula is C18H20N2O3. The second-order valence-electron chi connectivity index (χ2n) is 5.13. The summed E-state index contributed by atoms with van der Waals surface area (Å²) < 4.78 is 5.54. The molecule has 0 aromatic heterocycles. The zero-order valence-electron chi connectivity index (χ0n) is 13.0. The molecule has 5 nitrogen and oxygen atoms in total. The first kappa shape index (κ1) is 16.5. The molecule has 2 aromatic rings. The summed E-state index contributed by atoms with van der Waals surface area (Å²) >= 11 is 0. The number of hydrazine groups is 1. The SMILES string of the molecule is Cc1ccc(OCCCC(=O)NNC(=O)c2ccccc2)cc1. The van der Waals surface area contributed by atoms with E-state index in [-0.39, 0.29) is 18.2 Å². The minimum Gasteiger partial charge on any atom is -0.494 e. The molecule has 0 heterocycles. The topological polar surface area (TPSA) is 67.4 Å². The van der Waals surface area contributed by atoms with Gasteiger partial charge in [-0.25, -0.2) is 0 Å². The molecule has 0 aliphatic heterocycles. The smallest absolute Gasteiger partial charge is 0.269 e. The average Bonchev–Trinajstić information content (AvgIpc) is 2.59. The highest BCUT2D eigenvalue weighted by Crippen LogP contribution is 2.11. The Balaban J connectivity index is 1.62. The molecule has 0 fully saturated rings. The van der Waals surface area contributed by atoms with Gasteiger partial charge in [-0.15, -0.1) is 0 Å². The minimum absolute atomic E-state index is 0.248. The molecule has 120 valence electrons. The fourth-order valence-corrected chi connectivity index (χ4v) is 1.91. The standard InChI is InChI=1S/C18H20N2O3/c1-14-9-11-16(12-10-14)23-13-5-8-17(21)19-20-18(22)15-6-3-2-4-7-15/h2-4,6-7,9-12H,5,8,13H2,1H3,(H,19,21)(H,20,22). The lowest BCUT2D eigenvalue weighted by molar-refractivity contribution is -0.122. The third kappa shape index (κ3) is 5.82. The Bertz CT molecular complexity index is 639. The number of benzene rings is 2. The van der Waals surface area contributed by atoms with Crippen LogP contribution in [0.3, 0.4) is 0 Å². The molecule has 0 aliphatic carbocycles. The fraction of sp³-hybridized carbons (Fsp3) is 0.222.